The molecule has 1 rings (SSSR count). The predicted molar refractivity (Wildman–Crippen MR) is 73.1 cm³/mol. The zero-order valence-electron chi connectivity index (χ0n) is 11.7. The highest BCUT2D eigenvalue weighted by atomic mass is 19.1. The van der Waals surface area contributed by atoms with Gasteiger partial charge in [0.05, 0.1) is 13.2 Å². The molecule has 0 amide bonds. The van der Waals surface area contributed by atoms with Crippen molar-refractivity contribution in [1.29, 1.82) is 0 Å². The van der Waals surface area contributed by atoms with Crippen LogP contribution >= 0.6 is 0 Å². The lowest BCUT2D eigenvalue weighted by atomic mass is 10.3. The van der Waals surface area contributed by atoms with Crippen LogP contribution in [0.4, 0.5) is 10.1 Å². The van der Waals surface area contributed by atoms with Gasteiger partial charge in [-0.15, -0.1) is 0 Å². The van der Waals surface area contributed by atoms with Crippen LogP contribution in [-0.2, 0) is 9.47 Å². The summed E-state index contributed by atoms with van der Waals surface area (Å²) in [4.78, 5) is 0. The van der Waals surface area contributed by atoms with Gasteiger partial charge in [0.1, 0.15) is 0 Å². The van der Waals surface area contributed by atoms with Crippen molar-refractivity contribution in [1.82, 2.24) is 0 Å². The molecule has 0 saturated heterocycles. The number of anilines is 1. The molecule has 19 heavy (non-hydrogen) atoms. The molecule has 1 aromatic rings. The lowest BCUT2D eigenvalue weighted by Gasteiger charge is -2.18. The van der Waals surface area contributed by atoms with Gasteiger partial charge in [-0.1, -0.05) is 0 Å². The molecule has 0 atom stereocenters. The summed E-state index contributed by atoms with van der Waals surface area (Å²) in [6, 6.07) is 4.78. The van der Waals surface area contributed by atoms with Gasteiger partial charge in [-0.05, 0) is 32.9 Å². The topological polar surface area (TPSA) is 39.7 Å². The Balaban J connectivity index is 2.54. The van der Waals surface area contributed by atoms with Crippen molar-refractivity contribution in [2.75, 3.05) is 31.7 Å². The summed E-state index contributed by atoms with van der Waals surface area (Å²) in [5.41, 5.74) is 0.672. The van der Waals surface area contributed by atoms with Gasteiger partial charge in [-0.2, -0.15) is 0 Å². The van der Waals surface area contributed by atoms with Gasteiger partial charge in [-0.3, -0.25) is 0 Å². The first-order valence-electron chi connectivity index (χ1n) is 6.60. The molecule has 0 heterocycles. The molecule has 0 spiro atoms. The van der Waals surface area contributed by atoms with E-state index >= 15 is 0 Å². The number of rotatable bonds is 9. The van der Waals surface area contributed by atoms with Crippen LogP contribution in [0.1, 0.15) is 20.8 Å². The molecule has 0 aliphatic carbocycles. The van der Waals surface area contributed by atoms with E-state index in [1.807, 2.05) is 20.8 Å². The molecule has 0 aliphatic rings. The summed E-state index contributed by atoms with van der Waals surface area (Å²) in [5, 5.41) is 3.08. The summed E-state index contributed by atoms with van der Waals surface area (Å²) in [6.07, 6.45) is -0.329. The first-order valence-corrected chi connectivity index (χ1v) is 6.60. The van der Waals surface area contributed by atoms with E-state index in [0.717, 1.165) is 0 Å². The lowest BCUT2D eigenvalue weighted by molar-refractivity contribution is -0.126. The first-order chi connectivity index (χ1) is 9.21. The van der Waals surface area contributed by atoms with Crippen molar-refractivity contribution >= 4 is 5.69 Å². The minimum atomic E-state index is -0.379. The molecular weight excluding hydrogens is 249 g/mol. The summed E-state index contributed by atoms with van der Waals surface area (Å²) in [5.74, 6) is -0.115. The van der Waals surface area contributed by atoms with Crippen LogP contribution in [-0.4, -0.2) is 32.7 Å². The van der Waals surface area contributed by atoms with Gasteiger partial charge < -0.3 is 19.5 Å². The third kappa shape index (κ3) is 5.44. The molecule has 5 heteroatoms. The van der Waals surface area contributed by atoms with E-state index < -0.39 is 0 Å². The second kappa shape index (κ2) is 8.72. The Labute approximate surface area is 113 Å². The van der Waals surface area contributed by atoms with E-state index in [-0.39, 0.29) is 17.9 Å². The molecule has 1 N–H and O–H groups in total. The fourth-order valence-electron chi connectivity index (χ4n) is 1.62. The summed E-state index contributed by atoms with van der Waals surface area (Å²) in [6.45, 7) is 7.69. The standard InChI is InChI=1S/C14H22FNO3/c1-4-17-13-8-7-11(9-12(13)15)16-10-14(18-5-2)19-6-3/h7-9,14,16H,4-6,10H2,1-3H3. The van der Waals surface area contributed by atoms with Crippen molar-refractivity contribution in [3.05, 3.63) is 24.0 Å². The Kier molecular flexibility index (Phi) is 7.22. The van der Waals surface area contributed by atoms with Crippen LogP contribution < -0.4 is 10.1 Å². The molecule has 0 fully saturated rings. The maximum absolute atomic E-state index is 13.6. The van der Waals surface area contributed by atoms with Crippen molar-refractivity contribution < 1.29 is 18.6 Å². The second-order valence-electron chi connectivity index (χ2n) is 3.80. The molecule has 1 aromatic carbocycles. The molecule has 0 aliphatic heterocycles. The zero-order valence-corrected chi connectivity index (χ0v) is 11.7. The van der Waals surface area contributed by atoms with Gasteiger partial charge in [-0.25, -0.2) is 4.39 Å². The lowest BCUT2D eigenvalue weighted by Crippen LogP contribution is -2.26. The van der Waals surface area contributed by atoms with Gasteiger partial charge in [0.15, 0.2) is 17.9 Å². The van der Waals surface area contributed by atoms with Crippen LogP contribution in [0, 0.1) is 5.82 Å². The predicted octanol–water partition coefficient (Wildman–Crippen LogP) is 3.04. The maximum Gasteiger partial charge on any atom is 0.174 e. The Morgan fingerprint density at radius 3 is 2.32 bits per heavy atom. The van der Waals surface area contributed by atoms with E-state index in [2.05, 4.69) is 5.32 Å². The molecule has 0 aromatic heterocycles. The third-order valence-corrected chi connectivity index (χ3v) is 2.41. The van der Waals surface area contributed by atoms with Crippen molar-refractivity contribution in [3.63, 3.8) is 0 Å². The average molecular weight is 271 g/mol. The average Bonchev–Trinajstić information content (AvgIpc) is 2.39. The van der Waals surface area contributed by atoms with E-state index in [9.17, 15) is 4.39 Å². The van der Waals surface area contributed by atoms with Crippen molar-refractivity contribution in [2.24, 2.45) is 0 Å². The van der Waals surface area contributed by atoms with Crippen molar-refractivity contribution in [2.45, 2.75) is 27.1 Å². The normalized spacial score (nSPS) is 10.8. The fraction of sp³-hybridized carbons (Fsp3) is 0.571. The second-order valence-corrected chi connectivity index (χ2v) is 3.80. The van der Waals surface area contributed by atoms with E-state index in [1.165, 1.54) is 6.07 Å². The number of hydrogen-bond donors (Lipinski definition) is 1. The molecule has 0 unspecified atom stereocenters. The Hall–Kier alpha value is -1.33. The Bertz CT molecular complexity index is 368. The summed E-state index contributed by atoms with van der Waals surface area (Å²) < 4.78 is 29.6. The highest BCUT2D eigenvalue weighted by Gasteiger charge is 2.09. The minimum absolute atomic E-state index is 0.263. The SMILES string of the molecule is CCOc1ccc(NCC(OCC)OCC)cc1F. The highest BCUT2D eigenvalue weighted by molar-refractivity contribution is 5.47. The van der Waals surface area contributed by atoms with Crippen LogP contribution in [0.15, 0.2) is 18.2 Å². The minimum Gasteiger partial charge on any atom is -0.491 e. The molecule has 0 bridgehead atoms. The van der Waals surface area contributed by atoms with E-state index in [1.54, 1.807) is 12.1 Å². The molecular formula is C14H22FNO3. The number of halogens is 1. The summed E-state index contributed by atoms with van der Waals surface area (Å²) in [7, 11) is 0. The van der Waals surface area contributed by atoms with Crippen molar-refractivity contribution in [3.8, 4) is 5.75 Å². The summed E-state index contributed by atoms with van der Waals surface area (Å²) >= 11 is 0. The molecule has 108 valence electrons. The zero-order chi connectivity index (χ0) is 14.1. The van der Waals surface area contributed by atoms with Gasteiger partial charge in [0.2, 0.25) is 0 Å². The molecule has 4 nitrogen and oxygen atoms in total. The number of nitrogens with one attached hydrogen (secondary N) is 1. The third-order valence-electron chi connectivity index (χ3n) is 2.41. The smallest absolute Gasteiger partial charge is 0.174 e. The fourth-order valence-corrected chi connectivity index (χ4v) is 1.62. The number of ether oxygens (including phenoxy) is 3. The van der Waals surface area contributed by atoms with Crippen LogP contribution in [0.3, 0.4) is 0 Å². The van der Waals surface area contributed by atoms with Crippen LogP contribution in [0.5, 0.6) is 5.75 Å². The van der Waals surface area contributed by atoms with Crippen LogP contribution in [0.25, 0.3) is 0 Å². The first kappa shape index (κ1) is 15.7. The van der Waals surface area contributed by atoms with Crippen LogP contribution in [0.2, 0.25) is 0 Å². The Morgan fingerprint density at radius 2 is 1.79 bits per heavy atom. The largest absolute Gasteiger partial charge is 0.491 e. The highest BCUT2D eigenvalue weighted by Crippen LogP contribution is 2.21. The van der Waals surface area contributed by atoms with Gasteiger partial charge >= 0.3 is 0 Å². The number of hydrogen-bond acceptors (Lipinski definition) is 4. The number of benzene rings is 1. The van der Waals surface area contributed by atoms with E-state index in [0.29, 0.717) is 32.1 Å². The molecule has 0 radical (unpaired) electrons. The molecule has 0 saturated carbocycles. The quantitative estimate of drug-likeness (QED) is 0.701. The Morgan fingerprint density at radius 1 is 1.11 bits per heavy atom. The maximum atomic E-state index is 13.6. The van der Waals surface area contributed by atoms with Gasteiger partial charge in [0.25, 0.3) is 0 Å². The van der Waals surface area contributed by atoms with E-state index in [4.69, 9.17) is 14.2 Å². The monoisotopic (exact) mass is 271 g/mol. The van der Waals surface area contributed by atoms with Gasteiger partial charge in [0, 0.05) is 25.0 Å².